The summed E-state index contributed by atoms with van der Waals surface area (Å²) in [6.07, 6.45) is 2.56. The van der Waals surface area contributed by atoms with Crippen LogP contribution in [0.15, 0.2) is 30.3 Å². The molecule has 2 heterocycles. The molecule has 0 bridgehead atoms. The number of hydrogen-bond donors (Lipinski definition) is 2. The summed E-state index contributed by atoms with van der Waals surface area (Å²) >= 11 is 2.00. The van der Waals surface area contributed by atoms with E-state index in [1.165, 1.54) is 22.6 Å². The first-order valence-corrected chi connectivity index (χ1v) is 11.2. The second-order valence-electron chi connectivity index (χ2n) is 8.00. The molecule has 1 aliphatic heterocycles. The van der Waals surface area contributed by atoms with Gasteiger partial charge in [0.15, 0.2) is 0 Å². The van der Waals surface area contributed by atoms with Gasteiger partial charge < -0.3 is 10.8 Å². The second kappa shape index (κ2) is 9.65. The number of benzene rings is 1. The van der Waals surface area contributed by atoms with Crippen molar-refractivity contribution in [1.82, 2.24) is 9.78 Å². The average molecular weight is 390 g/mol. The number of rotatable bonds is 1. The molecular weight excluding hydrogens is 354 g/mol. The fourth-order valence-electron chi connectivity index (χ4n) is 3.49. The van der Waals surface area contributed by atoms with E-state index in [1.807, 2.05) is 36.4 Å². The van der Waals surface area contributed by atoms with Crippen LogP contribution in [0.4, 0.5) is 5.82 Å². The highest BCUT2D eigenvalue weighted by Gasteiger charge is 2.28. The van der Waals surface area contributed by atoms with E-state index in [-0.39, 0.29) is 11.6 Å². The van der Waals surface area contributed by atoms with E-state index in [9.17, 15) is 5.11 Å². The highest BCUT2D eigenvalue weighted by Crippen LogP contribution is 2.35. The third-order valence-corrected chi connectivity index (χ3v) is 5.88. The summed E-state index contributed by atoms with van der Waals surface area (Å²) in [6.45, 7) is 10.3. The molecule has 1 aromatic carbocycles. The second-order valence-corrected chi connectivity index (χ2v) is 8.99. The molecule has 150 valence electrons. The third kappa shape index (κ3) is 5.76. The first-order chi connectivity index (χ1) is 12.8. The number of nitrogens with zero attached hydrogens (tertiary/aromatic N) is 2. The lowest BCUT2D eigenvalue weighted by molar-refractivity contribution is 0.181. The van der Waals surface area contributed by atoms with Crippen molar-refractivity contribution in [2.75, 3.05) is 5.73 Å². The van der Waals surface area contributed by atoms with Crippen LogP contribution in [0.3, 0.4) is 0 Å². The number of nitrogens with two attached hydrogens (primary N) is 1. The Labute approximate surface area is 168 Å². The summed E-state index contributed by atoms with van der Waals surface area (Å²) in [7, 11) is 0. The molecule has 2 unspecified atom stereocenters. The predicted octanol–water partition coefficient (Wildman–Crippen LogP) is 5.31. The summed E-state index contributed by atoms with van der Waals surface area (Å²) in [4.78, 5) is 0. The van der Waals surface area contributed by atoms with Crippen molar-refractivity contribution in [3.8, 4) is 0 Å². The standard InChI is InChI=1S/C12H21N3O.C8H8S.C2H6/c1-12(2,3)15-11(13)7-10(14-15)8-4-5-9(16)6-8;1-2-4-8-6-9-5-7(8)3-1;1-2/h7-9,16H,4-6,13H2,1-3H3;1-4H,5-6H2;1-2H3. The van der Waals surface area contributed by atoms with Gasteiger partial charge in [-0.2, -0.15) is 16.9 Å². The lowest BCUT2D eigenvalue weighted by atomic mass is 10.0. The molecule has 1 fully saturated rings. The zero-order valence-electron chi connectivity index (χ0n) is 17.4. The van der Waals surface area contributed by atoms with E-state index < -0.39 is 0 Å². The minimum Gasteiger partial charge on any atom is -0.393 e. The van der Waals surface area contributed by atoms with Crippen LogP contribution in [0.5, 0.6) is 0 Å². The van der Waals surface area contributed by atoms with Gasteiger partial charge in [-0.05, 0) is 51.2 Å². The van der Waals surface area contributed by atoms with Gasteiger partial charge in [-0.3, -0.25) is 0 Å². The average Bonchev–Trinajstić information content (AvgIpc) is 3.35. The molecule has 0 saturated heterocycles. The number of nitrogen functional groups attached to an aromatic ring is 1. The topological polar surface area (TPSA) is 64.1 Å². The number of aliphatic hydroxyl groups is 1. The van der Waals surface area contributed by atoms with Crippen molar-refractivity contribution in [2.24, 2.45) is 0 Å². The third-order valence-electron chi connectivity index (χ3n) is 4.85. The zero-order chi connectivity index (χ0) is 20.0. The Morgan fingerprint density at radius 1 is 1.11 bits per heavy atom. The van der Waals surface area contributed by atoms with Gasteiger partial charge in [0.25, 0.3) is 0 Å². The van der Waals surface area contributed by atoms with Gasteiger partial charge in [0, 0.05) is 23.5 Å². The highest BCUT2D eigenvalue weighted by atomic mass is 32.2. The molecule has 0 amide bonds. The minimum atomic E-state index is -0.161. The Balaban J connectivity index is 0.000000200. The minimum absolute atomic E-state index is 0.0838. The Hall–Kier alpha value is -1.46. The molecule has 1 aliphatic carbocycles. The molecule has 3 N–H and O–H groups in total. The fraction of sp³-hybridized carbons (Fsp3) is 0.591. The molecule has 1 aromatic heterocycles. The van der Waals surface area contributed by atoms with E-state index in [0.29, 0.717) is 11.7 Å². The van der Waals surface area contributed by atoms with Crippen molar-refractivity contribution < 1.29 is 5.11 Å². The van der Waals surface area contributed by atoms with Crippen LogP contribution in [-0.4, -0.2) is 21.0 Å². The lowest BCUT2D eigenvalue weighted by Gasteiger charge is -2.20. The Bertz CT molecular complexity index is 698. The molecule has 2 aliphatic rings. The van der Waals surface area contributed by atoms with Gasteiger partial charge in [0.05, 0.1) is 17.3 Å². The molecule has 0 radical (unpaired) electrons. The summed E-state index contributed by atoms with van der Waals surface area (Å²) < 4.78 is 1.87. The smallest absolute Gasteiger partial charge is 0.122 e. The van der Waals surface area contributed by atoms with Crippen LogP contribution in [-0.2, 0) is 17.0 Å². The Morgan fingerprint density at radius 3 is 2.15 bits per heavy atom. The maximum Gasteiger partial charge on any atom is 0.122 e. The molecule has 4 rings (SSSR count). The summed E-state index contributed by atoms with van der Waals surface area (Å²) in [5, 5.41) is 14.1. The van der Waals surface area contributed by atoms with E-state index in [0.717, 1.165) is 25.0 Å². The maximum atomic E-state index is 9.53. The number of hydrogen-bond acceptors (Lipinski definition) is 4. The quantitative estimate of drug-likeness (QED) is 0.694. The van der Waals surface area contributed by atoms with Crippen LogP contribution in [0.1, 0.15) is 76.6 Å². The number of anilines is 1. The number of thioether (sulfide) groups is 1. The first kappa shape index (κ1) is 21.8. The van der Waals surface area contributed by atoms with Gasteiger partial charge in [0.2, 0.25) is 0 Å². The van der Waals surface area contributed by atoms with Gasteiger partial charge in [-0.15, -0.1) is 0 Å². The molecule has 4 nitrogen and oxygen atoms in total. The van der Waals surface area contributed by atoms with Gasteiger partial charge in [0.1, 0.15) is 5.82 Å². The number of aromatic nitrogens is 2. The number of aliphatic hydroxyl groups excluding tert-OH is 1. The van der Waals surface area contributed by atoms with Crippen molar-refractivity contribution >= 4 is 17.6 Å². The summed E-state index contributed by atoms with van der Waals surface area (Å²) in [5.41, 5.74) is 9.98. The van der Waals surface area contributed by atoms with Crippen molar-refractivity contribution in [3.63, 3.8) is 0 Å². The van der Waals surface area contributed by atoms with Crippen molar-refractivity contribution in [1.29, 1.82) is 0 Å². The Morgan fingerprint density at radius 2 is 1.70 bits per heavy atom. The van der Waals surface area contributed by atoms with Crippen LogP contribution < -0.4 is 5.73 Å². The van der Waals surface area contributed by atoms with Crippen molar-refractivity contribution in [3.05, 3.63) is 47.2 Å². The normalized spacial score (nSPS) is 21.0. The molecule has 0 spiro atoms. The molecule has 27 heavy (non-hydrogen) atoms. The highest BCUT2D eigenvalue weighted by molar-refractivity contribution is 7.98. The molecule has 2 aromatic rings. The SMILES string of the molecule is CC.CC(C)(C)n1nc(C2CCC(O)C2)cc1N.c1ccc2c(c1)CSC2. The molecule has 1 saturated carbocycles. The first-order valence-electron chi connectivity index (χ1n) is 10.0. The van der Waals surface area contributed by atoms with Crippen LogP contribution >= 0.6 is 11.8 Å². The largest absolute Gasteiger partial charge is 0.393 e. The van der Waals surface area contributed by atoms with Gasteiger partial charge >= 0.3 is 0 Å². The van der Waals surface area contributed by atoms with E-state index in [4.69, 9.17) is 5.73 Å². The monoisotopic (exact) mass is 389 g/mol. The summed E-state index contributed by atoms with van der Waals surface area (Å²) in [5.74, 6) is 3.52. The maximum absolute atomic E-state index is 9.53. The number of fused-ring (bicyclic) bond motifs is 1. The van der Waals surface area contributed by atoms with Crippen LogP contribution in [0.2, 0.25) is 0 Å². The fourth-order valence-corrected chi connectivity index (χ4v) is 4.59. The van der Waals surface area contributed by atoms with Crippen LogP contribution in [0, 0.1) is 0 Å². The van der Waals surface area contributed by atoms with E-state index in [1.54, 1.807) is 0 Å². The molecule has 5 heteroatoms. The predicted molar refractivity (Wildman–Crippen MR) is 117 cm³/mol. The van der Waals surface area contributed by atoms with Gasteiger partial charge in [-0.25, -0.2) is 4.68 Å². The lowest BCUT2D eigenvalue weighted by Crippen LogP contribution is -2.24. The molecule has 2 atom stereocenters. The van der Waals surface area contributed by atoms with Gasteiger partial charge in [-0.1, -0.05) is 38.1 Å². The molecular formula is C22H35N3OS. The van der Waals surface area contributed by atoms with E-state index in [2.05, 4.69) is 50.1 Å². The van der Waals surface area contributed by atoms with Crippen molar-refractivity contribution in [2.45, 2.75) is 82.9 Å². The Kier molecular flexibility index (Phi) is 7.80. The van der Waals surface area contributed by atoms with E-state index >= 15 is 0 Å². The van der Waals surface area contributed by atoms with Crippen LogP contribution in [0.25, 0.3) is 0 Å². The zero-order valence-corrected chi connectivity index (χ0v) is 18.2. The summed E-state index contributed by atoms with van der Waals surface area (Å²) in [6, 6.07) is 10.6.